The van der Waals surface area contributed by atoms with Crippen LogP contribution in [0.15, 0.2) is 16.9 Å². The van der Waals surface area contributed by atoms with Crippen molar-refractivity contribution in [3.8, 4) is 0 Å². The normalized spacial score (nSPS) is 10.2. The van der Waals surface area contributed by atoms with Gasteiger partial charge in [-0.3, -0.25) is 4.79 Å². The molecule has 0 atom stereocenters. The number of hydrogen-bond acceptors (Lipinski definition) is 1. The van der Waals surface area contributed by atoms with Crippen molar-refractivity contribution in [2.24, 2.45) is 7.05 Å². The van der Waals surface area contributed by atoms with Crippen molar-refractivity contribution in [2.75, 3.05) is 0 Å². The summed E-state index contributed by atoms with van der Waals surface area (Å²) in [5.74, 6) is 0. The molecule has 0 aliphatic heterocycles. The van der Waals surface area contributed by atoms with Gasteiger partial charge in [-0.15, -0.1) is 0 Å². The van der Waals surface area contributed by atoms with Gasteiger partial charge in [-0.05, 0) is 19.4 Å². The van der Waals surface area contributed by atoms with E-state index in [1.54, 1.807) is 4.57 Å². The molecule has 0 amide bonds. The van der Waals surface area contributed by atoms with Crippen molar-refractivity contribution < 1.29 is 0 Å². The number of nitrogens with zero attached hydrogens (tertiary/aromatic N) is 1. The van der Waals surface area contributed by atoms with E-state index in [0.717, 1.165) is 24.1 Å². The minimum Gasteiger partial charge on any atom is -0.316 e. The van der Waals surface area contributed by atoms with Gasteiger partial charge in [0.2, 0.25) is 0 Å². The Hall–Kier alpha value is -1.05. The van der Waals surface area contributed by atoms with Crippen LogP contribution in [0, 0.1) is 6.92 Å². The first kappa shape index (κ1) is 9.04. The van der Waals surface area contributed by atoms with Gasteiger partial charge < -0.3 is 4.57 Å². The van der Waals surface area contributed by atoms with E-state index in [1.165, 1.54) is 0 Å². The van der Waals surface area contributed by atoms with Gasteiger partial charge in [-0.1, -0.05) is 19.4 Å². The highest BCUT2D eigenvalue weighted by molar-refractivity contribution is 5.14. The summed E-state index contributed by atoms with van der Waals surface area (Å²) in [6, 6.07) is 3.92. The molecule has 1 aromatic heterocycles. The summed E-state index contributed by atoms with van der Waals surface area (Å²) in [5, 5.41) is 0. The molecule has 0 aromatic carbocycles. The minimum atomic E-state index is 0.126. The molecule has 2 nitrogen and oxygen atoms in total. The van der Waals surface area contributed by atoms with Crippen molar-refractivity contribution in [1.29, 1.82) is 0 Å². The van der Waals surface area contributed by atoms with Crippen molar-refractivity contribution >= 4 is 0 Å². The maximum atomic E-state index is 11.4. The molecule has 0 bridgehead atoms. The first-order chi connectivity index (χ1) is 5.66. The molecule has 0 aliphatic rings. The third kappa shape index (κ3) is 1.58. The first-order valence-corrected chi connectivity index (χ1v) is 4.32. The van der Waals surface area contributed by atoms with Crippen LogP contribution in [-0.2, 0) is 13.5 Å². The van der Waals surface area contributed by atoms with Crippen LogP contribution >= 0.6 is 0 Å². The van der Waals surface area contributed by atoms with Crippen molar-refractivity contribution in [2.45, 2.75) is 26.7 Å². The van der Waals surface area contributed by atoms with E-state index >= 15 is 0 Å². The Labute approximate surface area is 72.8 Å². The highest BCUT2D eigenvalue weighted by Crippen LogP contribution is 2.00. The molecule has 0 fully saturated rings. The summed E-state index contributed by atoms with van der Waals surface area (Å²) < 4.78 is 1.73. The summed E-state index contributed by atoms with van der Waals surface area (Å²) in [6.45, 7) is 3.96. The number of pyridine rings is 1. The zero-order chi connectivity index (χ0) is 9.14. The van der Waals surface area contributed by atoms with E-state index in [-0.39, 0.29) is 5.56 Å². The molecule has 12 heavy (non-hydrogen) atoms. The van der Waals surface area contributed by atoms with Gasteiger partial charge in [0, 0.05) is 18.3 Å². The molecule has 0 aliphatic carbocycles. The van der Waals surface area contributed by atoms with Gasteiger partial charge in [0.25, 0.3) is 5.56 Å². The quantitative estimate of drug-likeness (QED) is 0.653. The molecule has 66 valence electrons. The van der Waals surface area contributed by atoms with Crippen LogP contribution in [-0.4, -0.2) is 4.57 Å². The Morgan fingerprint density at radius 1 is 1.42 bits per heavy atom. The number of rotatable bonds is 2. The van der Waals surface area contributed by atoms with Crippen molar-refractivity contribution in [1.82, 2.24) is 4.57 Å². The van der Waals surface area contributed by atoms with Crippen LogP contribution in [0.4, 0.5) is 0 Å². The second kappa shape index (κ2) is 3.57. The fourth-order valence-electron chi connectivity index (χ4n) is 1.31. The lowest BCUT2D eigenvalue weighted by Gasteiger charge is -2.06. The third-order valence-corrected chi connectivity index (χ3v) is 2.10. The molecular weight excluding hydrogens is 150 g/mol. The van der Waals surface area contributed by atoms with Gasteiger partial charge in [0.15, 0.2) is 0 Å². The van der Waals surface area contributed by atoms with Gasteiger partial charge in [-0.25, -0.2) is 0 Å². The van der Waals surface area contributed by atoms with Crippen LogP contribution in [0.25, 0.3) is 0 Å². The standard InChI is InChI=1S/C10H15NO/c1-4-5-9-7-6-8(2)10(12)11(9)3/h6-7H,4-5H2,1-3H3. The zero-order valence-electron chi connectivity index (χ0n) is 7.92. The monoisotopic (exact) mass is 165 g/mol. The third-order valence-electron chi connectivity index (χ3n) is 2.10. The predicted octanol–water partition coefficient (Wildman–Crippen LogP) is 1.65. The molecule has 0 N–H and O–H groups in total. The Morgan fingerprint density at radius 2 is 2.08 bits per heavy atom. The summed E-state index contributed by atoms with van der Waals surface area (Å²) in [5.41, 5.74) is 2.06. The Bertz CT molecular complexity index is 325. The molecule has 2 heteroatoms. The smallest absolute Gasteiger partial charge is 0.253 e. The van der Waals surface area contributed by atoms with E-state index in [1.807, 2.05) is 26.1 Å². The zero-order valence-corrected chi connectivity index (χ0v) is 7.92. The van der Waals surface area contributed by atoms with Crippen LogP contribution < -0.4 is 5.56 Å². The molecule has 0 spiro atoms. The van der Waals surface area contributed by atoms with E-state index in [2.05, 4.69) is 6.92 Å². The Morgan fingerprint density at radius 3 is 2.67 bits per heavy atom. The lowest BCUT2D eigenvalue weighted by atomic mass is 10.2. The average Bonchev–Trinajstić information content (AvgIpc) is 2.07. The minimum absolute atomic E-state index is 0.126. The lowest BCUT2D eigenvalue weighted by Crippen LogP contribution is -2.21. The van der Waals surface area contributed by atoms with Crippen LogP contribution in [0.3, 0.4) is 0 Å². The Balaban J connectivity index is 3.18. The second-order valence-electron chi connectivity index (χ2n) is 3.12. The summed E-state index contributed by atoms with van der Waals surface area (Å²) in [6.07, 6.45) is 2.06. The molecule has 1 heterocycles. The molecule has 0 saturated heterocycles. The van der Waals surface area contributed by atoms with Gasteiger partial charge in [-0.2, -0.15) is 0 Å². The van der Waals surface area contributed by atoms with Gasteiger partial charge in [0.05, 0.1) is 0 Å². The van der Waals surface area contributed by atoms with Crippen LogP contribution in [0.2, 0.25) is 0 Å². The van der Waals surface area contributed by atoms with Crippen LogP contribution in [0.5, 0.6) is 0 Å². The summed E-state index contributed by atoms with van der Waals surface area (Å²) in [4.78, 5) is 11.4. The molecule has 0 unspecified atom stereocenters. The number of hydrogen-bond donors (Lipinski definition) is 0. The van der Waals surface area contributed by atoms with Crippen molar-refractivity contribution in [3.63, 3.8) is 0 Å². The second-order valence-corrected chi connectivity index (χ2v) is 3.12. The van der Waals surface area contributed by atoms with E-state index < -0.39 is 0 Å². The van der Waals surface area contributed by atoms with Crippen LogP contribution in [0.1, 0.15) is 24.6 Å². The molecule has 1 rings (SSSR count). The molecule has 1 aromatic rings. The highest BCUT2D eigenvalue weighted by Gasteiger charge is 2.00. The van der Waals surface area contributed by atoms with Gasteiger partial charge in [0.1, 0.15) is 0 Å². The molecule has 0 radical (unpaired) electrons. The SMILES string of the molecule is CCCc1ccc(C)c(=O)n1C. The average molecular weight is 165 g/mol. The number of aromatic nitrogens is 1. The molecular formula is C10H15NO. The van der Waals surface area contributed by atoms with Gasteiger partial charge >= 0.3 is 0 Å². The lowest BCUT2D eigenvalue weighted by molar-refractivity contribution is 0.741. The maximum Gasteiger partial charge on any atom is 0.253 e. The van der Waals surface area contributed by atoms with Crippen molar-refractivity contribution in [3.05, 3.63) is 33.7 Å². The van der Waals surface area contributed by atoms with E-state index in [9.17, 15) is 4.79 Å². The van der Waals surface area contributed by atoms with E-state index in [0.29, 0.717) is 0 Å². The summed E-state index contributed by atoms with van der Waals surface area (Å²) in [7, 11) is 1.83. The fraction of sp³-hybridized carbons (Fsp3) is 0.500. The maximum absolute atomic E-state index is 11.4. The fourth-order valence-corrected chi connectivity index (χ4v) is 1.31. The number of aryl methyl sites for hydroxylation is 2. The predicted molar refractivity (Wildman–Crippen MR) is 50.4 cm³/mol. The topological polar surface area (TPSA) is 22.0 Å². The summed E-state index contributed by atoms with van der Waals surface area (Å²) >= 11 is 0. The molecule has 0 saturated carbocycles. The Kier molecular flexibility index (Phi) is 2.69. The largest absolute Gasteiger partial charge is 0.316 e. The highest BCUT2D eigenvalue weighted by atomic mass is 16.1. The van der Waals surface area contributed by atoms with E-state index in [4.69, 9.17) is 0 Å². The first-order valence-electron chi connectivity index (χ1n) is 4.32.